The zero-order chi connectivity index (χ0) is 11.9. The lowest BCUT2D eigenvalue weighted by molar-refractivity contribution is -0.117. The second-order valence-electron chi connectivity index (χ2n) is 3.56. The van der Waals surface area contributed by atoms with Gasteiger partial charge in [-0.25, -0.2) is 0 Å². The summed E-state index contributed by atoms with van der Waals surface area (Å²) in [5.41, 5.74) is 0.611. The molecule has 1 saturated heterocycles. The Morgan fingerprint density at radius 2 is 1.94 bits per heavy atom. The molecule has 0 saturated carbocycles. The van der Waals surface area contributed by atoms with Gasteiger partial charge in [0.2, 0.25) is 5.91 Å². The highest BCUT2D eigenvalue weighted by Crippen LogP contribution is 2.37. The third kappa shape index (κ3) is 2.14. The molecule has 0 aromatic heterocycles. The smallest absolute Gasteiger partial charge is 0.228 e. The van der Waals surface area contributed by atoms with Crippen LogP contribution in [0.2, 0.25) is 10.0 Å². The topological polar surface area (TPSA) is 40.5 Å². The molecule has 1 N–H and O–H groups in total. The van der Waals surface area contributed by atoms with Crippen LogP contribution < -0.4 is 4.90 Å². The molecule has 1 aromatic rings. The number of halogens is 3. The van der Waals surface area contributed by atoms with Gasteiger partial charge in [-0.05, 0) is 12.1 Å². The maximum Gasteiger partial charge on any atom is 0.228 e. The zero-order valence-corrected chi connectivity index (χ0v) is 11.2. The lowest BCUT2D eigenvalue weighted by Crippen LogP contribution is -2.24. The number of hydrogen-bond donors (Lipinski definition) is 1. The summed E-state index contributed by atoms with van der Waals surface area (Å²) in [6.07, 6.45) is 0.454. The molecule has 0 spiro atoms. The first-order valence-electron chi connectivity index (χ1n) is 4.61. The summed E-state index contributed by atoms with van der Waals surface area (Å²) in [5, 5.41) is 9.71. The molecule has 1 aromatic carbocycles. The molecule has 2 rings (SSSR count). The number of carbonyl (C=O) groups is 1. The fourth-order valence-corrected chi connectivity index (χ4v) is 2.66. The van der Waals surface area contributed by atoms with Gasteiger partial charge in [-0.1, -0.05) is 39.1 Å². The van der Waals surface area contributed by atoms with E-state index in [-0.39, 0.29) is 26.5 Å². The first-order valence-corrected chi connectivity index (χ1v) is 6.28. The van der Waals surface area contributed by atoms with Crippen molar-refractivity contribution in [3.05, 3.63) is 22.2 Å². The Hall–Kier alpha value is -0.450. The number of anilines is 1. The minimum atomic E-state index is -0.158. The summed E-state index contributed by atoms with van der Waals surface area (Å²) in [6, 6.07) is 3.07. The van der Waals surface area contributed by atoms with Crippen LogP contribution in [0.15, 0.2) is 12.1 Å². The third-order valence-corrected chi connectivity index (χ3v) is 3.58. The van der Waals surface area contributed by atoms with Gasteiger partial charge in [0.25, 0.3) is 0 Å². The number of alkyl halides is 1. The van der Waals surface area contributed by atoms with Crippen molar-refractivity contribution < 1.29 is 9.90 Å². The van der Waals surface area contributed by atoms with Crippen molar-refractivity contribution in [2.24, 2.45) is 0 Å². The SMILES string of the molecule is O=C1CC(Br)CN1c1cc(Cl)c(O)c(Cl)c1. The standard InChI is InChI=1S/C10H8BrCl2NO2/c11-5-1-9(15)14(4-5)6-2-7(12)10(16)8(13)3-6/h2-3,5,16H,1,4H2. The number of phenolic OH excluding ortho intramolecular Hbond substituents is 1. The number of amides is 1. The summed E-state index contributed by atoms with van der Waals surface area (Å²) < 4.78 is 0. The maximum atomic E-state index is 11.6. The summed E-state index contributed by atoms with van der Waals surface area (Å²) in [5.74, 6) is -0.145. The highest BCUT2D eigenvalue weighted by atomic mass is 79.9. The van der Waals surface area contributed by atoms with Crippen molar-refractivity contribution in [2.45, 2.75) is 11.2 Å². The number of carbonyl (C=O) groups excluding carboxylic acids is 1. The van der Waals surface area contributed by atoms with Gasteiger partial charge in [0, 0.05) is 23.5 Å². The van der Waals surface area contributed by atoms with E-state index in [4.69, 9.17) is 23.2 Å². The summed E-state index contributed by atoms with van der Waals surface area (Å²) in [4.78, 5) is 13.4. The van der Waals surface area contributed by atoms with Crippen LogP contribution in [0.4, 0.5) is 5.69 Å². The van der Waals surface area contributed by atoms with E-state index in [0.29, 0.717) is 18.7 Å². The normalized spacial score (nSPS) is 20.6. The summed E-state index contributed by atoms with van der Waals surface area (Å²) in [6.45, 7) is 0.580. The Morgan fingerprint density at radius 1 is 1.38 bits per heavy atom. The largest absolute Gasteiger partial charge is 0.505 e. The van der Waals surface area contributed by atoms with E-state index in [1.54, 1.807) is 4.90 Å². The number of aromatic hydroxyl groups is 1. The molecular formula is C10H8BrCl2NO2. The fourth-order valence-electron chi connectivity index (χ4n) is 1.62. The lowest BCUT2D eigenvalue weighted by Gasteiger charge is -2.17. The second kappa shape index (κ2) is 4.43. The van der Waals surface area contributed by atoms with Gasteiger partial charge in [0.1, 0.15) is 0 Å². The first kappa shape index (κ1) is 12.0. The number of benzene rings is 1. The van der Waals surface area contributed by atoms with Crippen LogP contribution in [-0.4, -0.2) is 22.4 Å². The van der Waals surface area contributed by atoms with Crippen LogP contribution in [-0.2, 0) is 4.79 Å². The predicted molar refractivity (Wildman–Crippen MR) is 67.8 cm³/mol. The van der Waals surface area contributed by atoms with Crippen molar-refractivity contribution >= 4 is 50.7 Å². The van der Waals surface area contributed by atoms with Crippen LogP contribution in [0.3, 0.4) is 0 Å². The van der Waals surface area contributed by atoms with Gasteiger partial charge in [-0.3, -0.25) is 4.79 Å². The molecule has 1 heterocycles. The van der Waals surface area contributed by atoms with Crippen molar-refractivity contribution in [3.63, 3.8) is 0 Å². The molecule has 6 heteroatoms. The molecule has 1 amide bonds. The van der Waals surface area contributed by atoms with E-state index in [1.807, 2.05) is 0 Å². The van der Waals surface area contributed by atoms with Gasteiger partial charge in [0.15, 0.2) is 5.75 Å². The van der Waals surface area contributed by atoms with Crippen LogP contribution in [0.25, 0.3) is 0 Å². The van der Waals surface area contributed by atoms with E-state index in [1.165, 1.54) is 12.1 Å². The minimum absolute atomic E-state index is 0.0136. The van der Waals surface area contributed by atoms with Crippen LogP contribution in [0.1, 0.15) is 6.42 Å². The van der Waals surface area contributed by atoms with Gasteiger partial charge in [0.05, 0.1) is 10.0 Å². The number of hydrogen-bond acceptors (Lipinski definition) is 2. The predicted octanol–water partition coefficient (Wildman–Crippen LogP) is 3.20. The van der Waals surface area contributed by atoms with Crippen LogP contribution in [0.5, 0.6) is 5.75 Å². The van der Waals surface area contributed by atoms with Gasteiger partial charge in [-0.2, -0.15) is 0 Å². The molecule has 1 atom stereocenters. The van der Waals surface area contributed by atoms with Crippen LogP contribution >= 0.6 is 39.1 Å². The van der Waals surface area contributed by atoms with E-state index in [2.05, 4.69) is 15.9 Å². The third-order valence-electron chi connectivity index (χ3n) is 2.39. The van der Waals surface area contributed by atoms with Gasteiger partial charge >= 0.3 is 0 Å². The van der Waals surface area contributed by atoms with Crippen molar-refractivity contribution in [1.82, 2.24) is 0 Å². The van der Waals surface area contributed by atoms with Crippen molar-refractivity contribution in [2.75, 3.05) is 11.4 Å². The fraction of sp³-hybridized carbons (Fsp3) is 0.300. The Balaban J connectivity index is 2.38. The quantitative estimate of drug-likeness (QED) is 0.806. The maximum absolute atomic E-state index is 11.6. The Morgan fingerprint density at radius 3 is 2.38 bits per heavy atom. The highest BCUT2D eigenvalue weighted by molar-refractivity contribution is 9.09. The molecule has 86 valence electrons. The minimum Gasteiger partial charge on any atom is -0.505 e. The van der Waals surface area contributed by atoms with Crippen molar-refractivity contribution in [1.29, 1.82) is 0 Å². The van der Waals surface area contributed by atoms with Gasteiger partial charge in [-0.15, -0.1) is 0 Å². The molecule has 1 unspecified atom stereocenters. The summed E-state index contributed by atoms with van der Waals surface area (Å²) >= 11 is 15.0. The van der Waals surface area contributed by atoms with E-state index in [0.717, 1.165) is 0 Å². The van der Waals surface area contributed by atoms with E-state index in [9.17, 15) is 9.90 Å². The molecule has 0 aliphatic carbocycles. The first-order chi connectivity index (χ1) is 7.49. The van der Waals surface area contributed by atoms with Crippen LogP contribution in [0, 0.1) is 0 Å². The Kier molecular flexibility index (Phi) is 3.33. The molecule has 0 bridgehead atoms. The Bertz CT molecular complexity index is 429. The molecule has 1 aliphatic rings. The molecule has 0 radical (unpaired) electrons. The molecule has 16 heavy (non-hydrogen) atoms. The monoisotopic (exact) mass is 323 g/mol. The molecular weight excluding hydrogens is 317 g/mol. The zero-order valence-electron chi connectivity index (χ0n) is 8.08. The number of nitrogens with zero attached hydrogens (tertiary/aromatic N) is 1. The number of rotatable bonds is 1. The molecule has 3 nitrogen and oxygen atoms in total. The average Bonchev–Trinajstić information content (AvgIpc) is 2.53. The summed E-state index contributed by atoms with van der Waals surface area (Å²) in [7, 11) is 0. The second-order valence-corrected chi connectivity index (χ2v) is 5.67. The molecule has 1 aliphatic heterocycles. The average molecular weight is 325 g/mol. The van der Waals surface area contributed by atoms with E-state index >= 15 is 0 Å². The molecule has 1 fully saturated rings. The highest BCUT2D eigenvalue weighted by Gasteiger charge is 2.29. The van der Waals surface area contributed by atoms with Crippen molar-refractivity contribution in [3.8, 4) is 5.75 Å². The number of phenols is 1. The van der Waals surface area contributed by atoms with E-state index < -0.39 is 0 Å². The van der Waals surface area contributed by atoms with Gasteiger partial charge < -0.3 is 10.0 Å². The Labute approximate surface area is 111 Å². The lowest BCUT2D eigenvalue weighted by atomic mass is 10.2.